The van der Waals surface area contributed by atoms with Crippen LogP contribution in [0.5, 0.6) is 0 Å². The molecule has 0 spiro atoms. The van der Waals surface area contributed by atoms with E-state index in [1.165, 1.54) is 4.08 Å². The Morgan fingerprint density at radius 2 is 2.17 bits per heavy atom. The van der Waals surface area contributed by atoms with Crippen molar-refractivity contribution in [2.24, 2.45) is 0 Å². The highest BCUT2D eigenvalue weighted by atomic mass is 127. The molecule has 1 aromatic rings. The Kier molecular flexibility index (Phi) is 5.82. The first-order chi connectivity index (χ1) is 8.63. The van der Waals surface area contributed by atoms with Gasteiger partial charge in [0.05, 0.1) is 23.8 Å². The Hall–Kier alpha value is -1.39. The molecule has 0 aliphatic heterocycles. The Labute approximate surface area is 119 Å². The van der Waals surface area contributed by atoms with Crippen LogP contribution in [0.15, 0.2) is 33.9 Å². The van der Waals surface area contributed by atoms with Crippen molar-refractivity contribution in [3.63, 3.8) is 0 Å². The van der Waals surface area contributed by atoms with Gasteiger partial charge in [0, 0.05) is 0 Å². The number of carbonyl (C=O) groups is 1. The molecule has 0 aromatic heterocycles. The Bertz CT molecular complexity index is 488. The molecule has 1 N–H and O–H groups in total. The number of aliphatic hydroxyl groups excluding tert-OH is 1. The molecule has 0 aliphatic carbocycles. The number of esters is 1. The van der Waals surface area contributed by atoms with Gasteiger partial charge in [-0.3, -0.25) is 0 Å². The van der Waals surface area contributed by atoms with E-state index < -0.39 is 12.1 Å². The van der Waals surface area contributed by atoms with Gasteiger partial charge in [-0.2, -0.15) is 5.26 Å². The summed E-state index contributed by atoms with van der Waals surface area (Å²) in [5, 5.41) is 18.8. The van der Waals surface area contributed by atoms with Crippen LogP contribution < -0.4 is 0 Å². The lowest BCUT2D eigenvalue weighted by atomic mass is 10.0. The Morgan fingerprint density at radius 1 is 1.56 bits per heavy atom. The second kappa shape index (κ2) is 7.13. The van der Waals surface area contributed by atoms with Crippen LogP contribution in [-0.2, 0) is 9.53 Å². The summed E-state index contributed by atoms with van der Waals surface area (Å²) in [5.74, 6) is -0.538. The largest absolute Gasteiger partial charge is 0.463 e. The molecule has 0 heterocycles. The zero-order valence-electron chi connectivity index (χ0n) is 9.76. The van der Waals surface area contributed by atoms with E-state index in [0.717, 1.165) is 0 Å². The summed E-state index contributed by atoms with van der Waals surface area (Å²) in [5.41, 5.74) is 1.23. The fourth-order valence-electron chi connectivity index (χ4n) is 1.35. The monoisotopic (exact) mass is 357 g/mol. The number of nitrogens with zero attached hydrogens (tertiary/aromatic N) is 1. The summed E-state index contributed by atoms with van der Waals surface area (Å²) < 4.78 is 6.36. The van der Waals surface area contributed by atoms with Crippen molar-refractivity contribution in [2.75, 3.05) is 6.61 Å². The first-order valence-electron chi connectivity index (χ1n) is 5.29. The second-order valence-corrected chi connectivity index (χ2v) is 4.04. The molecule has 0 saturated heterocycles. The summed E-state index contributed by atoms with van der Waals surface area (Å²) in [6, 6.07) is 8.40. The molecule has 1 unspecified atom stereocenters. The number of carbonyl (C=O) groups excluding carboxylic acids is 1. The highest BCUT2D eigenvalue weighted by Gasteiger charge is 2.21. The molecule has 0 amide bonds. The molecular weight excluding hydrogens is 345 g/mol. The first kappa shape index (κ1) is 14.7. The van der Waals surface area contributed by atoms with Gasteiger partial charge in [0.2, 0.25) is 0 Å². The first-order valence-corrected chi connectivity index (χ1v) is 6.54. The van der Waals surface area contributed by atoms with Crippen molar-refractivity contribution >= 4 is 28.6 Å². The van der Waals surface area contributed by atoms with Crippen molar-refractivity contribution in [3.8, 4) is 6.07 Å². The molecule has 94 valence electrons. The van der Waals surface area contributed by atoms with E-state index >= 15 is 0 Å². The van der Waals surface area contributed by atoms with Crippen molar-refractivity contribution in [3.05, 3.63) is 45.0 Å². The summed E-state index contributed by atoms with van der Waals surface area (Å²) in [7, 11) is 0. The average Bonchev–Trinajstić information content (AvgIpc) is 2.40. The lowest BCUT2D eigenvalue weighted by Gasteiger charge is -2.13. The average molecular weight is 357 g/mol. The molecule has 4 nitrogen and oxygen atoms in total. The third-order valence-corrected chi connectivity index (χ3v) is 2.95. The smallest absolute Gasteiger partial charge is 0.337 e. The van der Waals surface area contributed by atoms with Crippen LogP contribution in [0, 0.1) is 11.3 Å². The minimum absolute atomic E-state index is 0.183. The van der Waals surface area contributed by atoms with E-state index in [2.05, 4.69) is 0 Å². The normalized spacial score (nSPS) is 12.7. The third kappa shape index (κ3) is 3.55. The number of hydrogen-bond acceptors (Lipinski definition) is 4. The minimum Gasteiger partial charge on any atom is -0.463 e. The van der Waals surface area contributed by atoms with Crippen LogP contribution in [-0.4, -0.2) is 17.7 Å². The SMILES string of the molecule is CCOC(=O)C(=CI)C(O)c1ccc(C#N)cc1. The zero-order valence-corrected chi connectivity index (χ0v) is 11.9. The number of halogens is 1. The van der Waals surface area contributed by atoms with E-state index in [9.17, 15) is 9.90 Å². The van der Waals surface area contributed by atoms with Crippen molar-refractivity contribution in [1.29, 1.82) is 5.26 Å². The minimum atomic E-state index is -1.05. The molecule has 1 atom stereocenters. The molecule has 1 rings (SSSR count). The van der Waals surface area contributed by atoms with Gasteiger partial charge in [-0.25, -0.2) is 4.79 Å². The second-order valence-electron chi connectivity index (χ2n) is 3.42. The molecule has 0 saturated carbocycles. The molecular formula is C13H12INO3. The number of benzene rings is 1. The maximum Gasteiger partial charge on any atom is 0.337 e. The predicted octanol–water partition coefficient (Wildman–Crippen LogP) is 2.47. The summed E-state index contributed by atoms with van der Waals surface area (Å²) in [6.07, 6.45) is -1.05. The Balaban J connectivity index is 2.94. The van der Waals surface area contributed by atoms with Gasteiger partial charge in [0.1, 0.15) is 6.10 Å². The van der Waals surface area contributed by atoms with E-state index in [-0.39, 0.29) is 12.2 Å². The van der Waals surface area contributed by atoms with Crippen LogP contribution >= 0.6 is 22.6 Å². The van der Waals surface area contributed by atoms with Crippen molar-refractivity contribution < 1.29 is 14.6 Å². The van der Waals surface area contributed by atoms with Gasteiger partial charge in [-0.05, 0) is 28.7 Å². The van der Waals surface area contributed by atoms with Gasteiger partial charge >= 0.3 is 5.97 Å². The summed E-state index contributed by atoms with van der Waals surface area (Å²) in [4.78, 5) is 11.6. The summed E-state index contributed by atoms with van der Waals surface area (Å²) in [6.45, 7) is 1.96. The maximum absolute atomic E-state index is 11.6. The predicted molar refractivity (Wildman–Crippen MR) is 74.9 cm³/mol. The van der Waals surface area contributed by atoms with E-state index in [1.54, 1.807) is 31.2 Å². The fourth-order valence-corrected chi connectivity index (χ4v) is 1.94. The highest BCUT2D eigenvalue weighted by molar-refractivity contribution is 14.1. The standard InChI is InChI=1S/C13H12INO3/c1-2-18-13(17)11(7-14)12(16)10-5-3-9(8-15)4-6-10/h3-7,12,16H,2H2,1H3. The number of rotatable bonds is 4. The van der Waals surface area contributed by atoms with E-state index in [1.807, 2.05) is 28.7 Å². The molecule has 0 fully saturated rings. The van der Waals surface area contributed by atoms with E-state index in [0.29, 0.717) is 11.1 Å². The van der Waals surface area contributed by atoms with E-state index in [4.69, 9.17) is 10.00 Å². The van der Waals surface area contributed by atoms with Crippen LogP contribution in [0.2, 0.25) is 0 Å². The molecule has 0 radical (unpaired) electrons. The van der Waals surface area contributed by atoms with Gasteiger partial charge in [0.25, 0.3) is 0 Å². The highest BCUT2D eigenvalue weighted by Crippen LogP contribution is 2.24. The number of ether oxygens (including phenoxy) is 1. The van der Waals surface area contributed by atoms with Gasteiger partial charge < -0.3 is 9.84 Å². The molecule has 0 bridgehead atoms. The van der Waals surface area contributed by atoms with Crippen LogP contribution in [0.3, 0.4) is 0 Å². The number of nitriles is 1. The van der Waals surface area contributed by atoms with Crippen molar-refractivity contribution in [2.45, 2.75) is 13.0 Å². The van der Waals surface area contributed by atoms with Gasteiger partial charge in [-0.1, -0.05) is 34.7 Å². The van der Waals surface area contributed by atoms with Crippen LogP contribution in [0.25, 0.3) is 0 Å². The summed E-state index contributed by atoms with van der Waals surface area (Å²) >= 11 is 1.89. The quantitative estimate of drug-likeness (QED) is 0.511. The molecule has 5 heteroatoms. The molecule has 0 aliphatic rings. The van der Waals surface area contributed by atoms with Crippen LogP contribution in [0.1, 0.15) is 24.2 Å². The lowest BCUT2D eigenvalue weighted by Crippen LogP contribution is -2.14. The number of aliphatic hydroxyl groups is 1. The topological polar surface area (TPSA) is 70.3 Å². The molecule has 18 heavy (non-hydrogen) atoms. The van der Waals surface area contributed by atoms with Crippen LogP contribution in [0.4, 0.5) is 0 Å². The van der Waals surface area contributed by atoms with Gasteiger partial charge in [-0.15, -0.1) is 0 Å². The Morgan fingerprint density at radius 3 is 2.61 bits per heavy atom. The maximum atomic E-state index is 11.6. The van der Waals surface area contributed by atoms with Crippen molar-refractivity contribution in [1.82, 2.24) is 0 Å². The zero-order chi connectivity index (χ0) is 13.5. The lowest BCUT2D eigenvalue weighted by molar-refractivity contribution is -0.139. The number of hydrogen-bond donors (Lipinski definition) is 1. The fraction of sp³-hybridized carbons (Fsp3) is 0.231. The van der Waals surface area contributed by atoms with Gasteiger partial charge in [0.15, 0.2) is 0 Å². The third-order valence-electron chi connectivity index (χ3n) is 2.28. The molecule has 1 aromatic carbocycles.